The number of carbonyl (C=O) groups is 1. The van der Waals surface area contributed by atoms with E-state index in [0.717, 1.165) is 50.8 Å². The lowest BCUT2D eigenvalue weighted by Crippen LogP contribution is -2.46. The van der Waals surface area contributed by atoms with Crippen LogP contribution in [0.25, 0.3) is 0 Å². The quantitative estimate of drug-likeness (QED) is 0.631. The molecule has 6 heteroatoms. The highest BCUT2D eigenvalue weighted by Gasteiger charge is 2.09. The number of benzene rings is 1. The molecule has 0 aromatic heterocycles. The number of rotatable bonds is 10. The van der Waals surface area contributed by atoms with Gasteiger partial charge in [-0.2, -0.15) is 0 Å². The van der Waals surface area contributed by atoms with Crippen LogP contribution in [0.5, 0.6) is 11.5 Å². The minimum absolute atomic E-state index is 0.0976. The van der Waals surface area contributed by atoms with Crippen LogP contribution in [0.2, 0.25) is 0 Å². The van der Waals surface area contributed by atoms with Crippen LogP contribution >= 0.6 is 0 Å². The van der Waals surface area contributed by atoms with Crippen molar-refractivity contribution in [1.82, 2.24) is 15.5 Å². The van der Waals surface area contributed by atoms with Crippen molar-refractivity contribution in [2.75, 3.05) is 52.5 Å². The lowest BCUT2D eigenvalue weighted by atomic mass is 10.3. The average Bonchev–Trinajstić information content (AvgIpc) is 2.61. The van der Waals surface area contributed by atoms with Crippen molar-refractivity contribution in [3.8, 4) is 11.5 Å². The number of carbonyl (C=O) groups excluding carboxylic acids is 1. The molecule has 1 heterocycles. The van der Waals surface area contributed by atoms with E-state index in [2.05, 4.69) is 15.5 Å². The highest BCUT2D eigenvalue weighted by atomic mass is 16.5. The van der Waals surface area contributed by atoms with E-state index < -0.39 is 0 Å². The molecule has 134 valence electrons. The van der Waals surface area contributed by atoms with Crippen LogP contribution in [0.1, 0.15) is 19.8 Å². The van der Waals surface area contributed by atoms with Crippen molar-refractivity contribution < 1.29 is 14.3 Å². The Kier molecular flexibility index (Phi) is 8.41. The second-order valence-corrected chi connectivity index (χ2v) is 5.80. The first-order valence-electron chi connectivity index (χ1n) is 8.83. The van der Waals surface area contributed by atoms with Gasteiger partial charge >= 0.3 is 0 Å². The zero-order valence-corrected chi connectivity index (χ0v) is 14.6. The Balaban J connectivity index is 1.50. The van der Waals surface area contributed by atoms with E-state index in [0.29, 0.717) is 26.1 Å². The average molecular weight is 335 g/mol. The van der Waals surface area contributed by atoms with Gasteiger partial charge in [-0.05, 0) is 37.6 Å². The molecule has 24 heavy (non-hydrogen) atoms. The third-order valence-corrected chi connectivity index (χ3v) is 3.91. The topological polar surface area (TPSA) is 62.8 Å². The number of ether oxygens (including phenoxy) is 2. The van der Waals surface area contributed by atoms with Gasteiger partial charge in [-0.15, -0.1) is 0 Å². The van der Waals surface area contributed by atoms with Gasteiger partial charge in [-0.25, -0.2) is 0 Å². The molecule has 2 N–H and O–H groups in total. The van der Waals surface area contributed by atoms with Gasteiger partial charge in [0, 0.05) is 45.7 Å². The van der Waals surface area contributed by atoms with Crippen molar-refractivity contribution in [2.24, 2.45) is 0 Å². The standard InChI is InChI=1S/C18H29N3O3/c1-2-23-16-5-7-17(8-6-16)24-15-3-4-18(22)20-11-14-21-12-9-19-10-13-21/h5-8,19H,2-4,9-15H2,1H3,(H,20,22). The molecule has 0 radical (unpaired) electrons. The fraction of sp³-hybridized carbons (Fsp3) is 0.611. The van der Waals surface area contributed by atoms with Crippen LogP contribution < -0.4 is 20.1 Å². The summed E-state index contributed by atoms with van der Waals surface area (Å²) in [5.74, 6) is 1.74. The van der Waals surface area contributed by atoms with Crippen molar-refractivity contribution in [2.45, 2.75) is 19.8 Å². The first-order chi connectivity index (χ1) is 11.8. The third kappa shape index (κ3) is 7.19. The molecular formula is C18H29N3O3. The van der Waals surface area contributed by atoms with Crippen LogP contribution in [-0.2, 0) is 4.79 Å². The predicted molar refractivity (Wildman–Crippen MR) is 94.7 cm³/mol. The lowest BCUT2D eigenvalue weighted by molar-refractivity contribution is -0.121. The van der Waals surface area contributed by atoms with E-state index in [9.17, 15) is 4.79 Å². The SMILES string of the molecule is CCOc1ccc(OCCCC(=O)NCCN2CCNCC2)cc1. The zero-order chi connectivity index (χ0) is 17.0. The Morgan fingerprint density at radius 1 is 1.17 bits per heavy atom. The zero-order valence-electron chi connectivity index (χ0n) is 14.6. The van der Waals surface area contributed by atoms with E-state index >= 15 is 0 Å². The van der Waals surface area contributed by atoms with Crippen LogP contribution in [0.15, 0.2) is 24.3 Å². The van der Waals surface area contributed by atoms with Gasteiger partial charge in [-0.3, -0.25) is 9.69 Å². The summed E-state index contributed by atoms with van der Waals surface area (Å²) in [5.41, 5.74) is 0. The van der Waals surface area contributed by atoms with Crippen LogP contribution in [0.3, 0.4) is 0 Å². The molecule has 0 spiro atoms. The molecule has 0 aliphatic carbocycles. The maximum absolute atomic E-state index is 11.8. The molecule has 1 aliphatic rings. The highest BCUT2D eigenvalue weighted by Crippen LogP contribution is 2.17. The van der Waals surface area contributed by atoms with Gasteiger partial charge < -0.3 is 20.1 Å². The summed E-state index contributed by atoms with van der Waals surface area (Å²) in [7, 11) is 0. The van der Waals surface area contributed by atoms with Gasteiger partial charge in [0.25, 0.3) is 0 Å². The van der Waals surface area contributed by atoms with E-state index in [1.54, 1.807) is 0 Å². The fourth-order valence-corrected chi connectivity index (χ4v) is 2.60. The van der Waals surface area contributed by atoms with Gasteiger partial charge in [-0.1, -0.05) is 0 Å². The summed E-state index contributed by atoms with van der Waals surface area (Å²) >= 11 is 0. The Hall–Kier alpha value is -1.79. The van der Waals surface area contributed by atoms with Gasteiger partial charge in [0.1, 0.15) is 11.5 Å². The van der Waals surface area contributed by atoms with Crippen molar-refractivity contribution in [1.29, 1.82) is 0 Å². The fourth-order valence-electron chi connectivity index (χ4n) is 2.60. The van der Waals surface area contributed by atoms with Crippen molar-refractivity contribution in [3.63, 3.8) is 0 Å². The summed E-state index contributed by atoms with van der Waals surface area (Å²) < 4.78 is 11.0. The molecule has 0 bridgehead atoms. The van der Waals surface area contributed by atoms with E-state index in [1.165, 1.54) is 0 Å². The summed E-state index contributed by atoms with van der Waals surface area (Å²) in [5, 5.41) is 6.30. The van der Waals surface area contributed by atoms with Crippen LogP contribution in [-0.4, -0.2) is 63.3 Å². The monoisotopic (exact) mass is 335 g/mol. The summed E-state index contributed by atoms with van der Waals surface area (Å²) in [6.45, 7) is 9.00. The third-order valence-electron chi connectivity index (χ3n) is 3.91. The van der Waals surface area contributed by atoms with E-state index in [-0.39, 0.29) is 5.91 Å². The lowest BCUT2D eigenvalue weighted by Gasteiger charge is -2.27. The number of nitrogens with zero attached hydrogens (tertiary/aromatic N) is 1. The summed E-state index contributed by atoms with van der Waals surface area (Å²) in [4.78, 5) is 14.2. The smallest absolute Gasteiger partial charge is 0.220 e. The molecular weight excluding hydrogens is 306 g/mol. The summed E-state index contributed by atoms with van der Waals surface area (Å²) in [6, 6.07) is 7.56. The Bertz CT molecular complexity index is 473. The second-order valence-electron chi connectivity index (χ2n) is 5.80. The molecule has 1 aliphatic heterocycles. The largest absolute Gasteiger partial charge is 0.494 e. The van der Waals surface area contributed by atoms with Gasteiger partial charge in [0.05, 0.1) is 13.2 Å². The predicted octanol–water partition coefficient (Wildman–Crippen LogP) is 1.27. The van der Waals surface area contributed by atoms with E-state index in [4.69, 9.17) is 9.47 Å². The molecule has 0 saturated carbocycles. The number of piperazine rings is 1. The molecule has 1 saturated heterocycles. The van der Waals surface area contributed by atoms with Crippen LogP contribution in [0, 0.1) is 0 Å². The Labute approximate surface area is 144 Å². The van der Waals surface area contributed by atoms with Gasteiger partial charge in [0.2, 0.25) is 5.91 Å². The maximum Gasteiger partial charge on any atom is 0.220 e. The minimum Gasteiger partial charge on any atom is -0.494 e. The first-order valence-corrected chi connectivity index (χ1v) is 8.83. The van der Waals surface area contributed by atoms with Gasteiger partial charge in [0.15, 0.2) is 0 Å². The number of hydrogen-bond donors (Lipinski definition) is 2. The molecule has 6 nitrogen and oxygen atoms in total. The van der Waals surface area contributed by atoms with Crippen molar-refractivity contribution >= 4 is 5.91 Å². The van der Waals surface area contributed by atoms with E-state index in [1.807, 2.05) is 31.2 Å². The maximum atomic E-state index is 11.8. The number of hydrogen-bond acceptors (Lipinski definition) is 5. The molecule has 2 rings (SSSR count). The normalized spacial score (nSPS) is 15.0. The number of amides is 1. The summed E-state index contributed by atoms with van der Waals surface area (Å²) in [6.07, 6.45) is 1.21. The molecule has 1 fully saturated rings. The Morgan fingerprint density at radius 2 is 1.83 bits per heavy atom. The second kappa shape index (κ2) is 10.9. The first kappa shape index (κ1) is 18.5. The van der Waals surface area contributed by atoms with Crippen molar-refractivity contribution in [3.05, 3.63) is 24.3 Å². The molecule has 1 amide bonds. The van der Waals surface area contributed by atoms with Crippen LogP contribution in [0.4, 0.5) is 0 Å². The molecule has 0 unspecified atom stereocenters. The molecule has 1 aromatic rings. The number of nitrogens with one attached hydrogen (secondary N) is 2. The highest BCUT2D eigenvalue weighted by molar-refractivity contribution is 5.75. The molecule has 1 aromatic carbocycles. The molecule has 0 atom stereocenters. The Morgan fingerprint density at radius 3 is 2.50 bits per heavy atom. The minimum atomic E-state index is 0.0976.